The average Bonchev–Trinajstić information content (AvgIpc) is 2.65. The van der Waals surface area contributed by atoms with Gasteiger partial charge in [0.2, 0.25) is 0 Å². The molecule has 0 atom stereocenters. The molecule has 72 valence electrons. The monoisotopic (exact) mass is 270 g/mol. The molecule has 14 heavy (non-hydrogen) atoms. The van der Waals surface area contributed by atoms with Crippen LogP contribution in [-0.4, -0.2) is 26.0 Å². The summed E-state index contributed by atoms with van der Waals surface area (Å²) in [5, 5.41) is 5.09. The fraction of sp³-hybridized carbons (Fsp3) is 0.125. The van der Waals surface area contributed by atoms with Crippen LogP contribution in [-0.2, 0) is 0 Å². The highest BCUT2D eigenvalue weighted by Crippen LogP contribution is 2.12. The first kappa shape index (κ1) is 9.67. The van der Waals surface area contributed by atoms with Crippen molar-refractivity contribution in [3.05, 3.63) is 29.1 Å². The zero-order chi connectivity index (χ0) is 9.97. The number of thioether (sulfide) groups is 1. The fourth-order valence-electron chi connectivity index (χ4n) is 0.970. The van der Waals surface area contributed by atoms with Gasteiger partial charge in [0.15, 0.2) is 0 Å². The molecule has 0 bridgehead atoms. The van der Waals surface area contributed by atoms with Crippen LogP contribution in [0.25, 0.3) is 5.95 Å². The molecule has 0 saturated carbocycles. The van der Waals surface area contributed by atoms with E-state index in [9.17, 15) is 0 Å². The highest BCUT2D eigenvalue weighted by Gasteiger charge is 2.02. The fourth-order valence-corrected chi connectivity index (χ4v) is 1.63. The minimum atomic E-state index is 0.586. The van der Waals surface area contributed by atoms with Gasteiger partial charge in [0.05, 0.1) is 0 Å². The predicted octanol–water partition coefficient (Wildman–Crippen LogP) is 2.15. The lowest BCUT2D eigenvalue weighted by Crippen LogP contribution is -2.01. The maximum atomic E-state index is 4.31. The Morgan fingerprint density at radius 3 is 2.93 bits per heavy atom. The normalized spacial score (nSPS) is 10.4. The van der Waals surface area contributed by atoms with Gasteiger partial charge in [-0.25, -0.2) is 14.6 Å². The van der Waals surface area contributed by atoms with Gasteiger partial charge >= 0.3 is 0 Å². The summed E-state index contributed by atoms with van der Waals surface area (Å²) in [6.45, 7) is 0. The van der Waals surface area contributed by atoms with Gasteiger partial charge in [-0.15, -0.1) is 11.8 Å². The second-order valence-corrected chi connectivity index (χ2v) is 4.12. The molecule has 0 aromatic carbocycles. The molecule has 0 aliphatic carbocycles. The predicted molar refractivity (Wildman–Crippen MR) is 58.6 cm³/mol. The number of hydrogen-bond donors (Lipinski definition) is 0. The third kappa shape index (κ3) is 1.96. The molecule has 6 heteroatoms. The van der Waals surface area contributed by atoms with Gasteiger partial charge in [-0.3, -0.25) is 0 Å². The van der Waals surface area contributed by atoms with E-state index < -0.39 is 0 Å². The van der Waals surface area contributed by atoms with Crippen molar-refractivity contribution in [2.45, 2.75) is 5.03 Å². The molecule has 0 fully saturated rings. The SMILES string of the molecule is CSc1ccnc(-n2ccc(Br)n2)n1. The Bertz CT molecular complexity index is 442. The Morgan fingerprint density at radius 1 is 1.43 bits per heavy atom. The Labute approximate surface area is 93.9 Å². The topological polar surface area (TPSA) is 43.6 Å². The number of rotatable bonds is 2. The van der Waals surface area contributed by atoms with E-state index >= 15 is 0 Å². The van der Waals surface area contributed by atoms with Gasteiger partial charge < -0.3 is 0 Å². The second-order valence-electron chi connectivity index (χ2n) is 2.48. The zero-order valence-corrected chi connectivity index (χ0v) is 9.79. The van der Waals surface area contributed by atoms with Crippen molar-refractivity contribution in [1.29, 1.82) is 0 Å². The Hall–Kier alpha value is -0.880. The van der Waals surface area contributed by atoms with Crippen molar-refractivity contribution in [1.82, 2.24) is 19.7 Å². The van der Waals surface area contributed by atoms with Crippen molar-refractivity contribution in [2.75, 3.05) is 6.26 Å². The van der Waals surface area contributed by atoms with Gasteiger partial charge in [0.1, 0.15) is 9.63 Å². The summed E-state index contributed by atoms with van der Waals surface area (Å²) in [7, 11) is 0. The third-order valence-electron chi connectivity index (χ3n) is 1.59. The maximum Gasteiger partial charge on any atom is 0.251 e. The Kier molecular flexibility index (Phi) is 2.83. The summed E-state index contributed by atoms with van der Waals surface area (Å²) >= 11 is 4.85. The third-order valence-corrected chi connectivity index (χ3v) is 2.66. The molecule has 0 spiro atoms. The number of hydrogen-bond acceptors (Lipinski definition) is 4. The molecular weight excluding hydrogens is 264 g/mol. The Balaban J connectivity index is 2.41. The van der Waals surface area contributed by atoms with Crippen molar-refractivity contribution in [3.63, 3.8) is 0 Å². The van der Waals surface area contributed by atoms with E-state index in [1.807, 2.05) is 24.6 Å². The summed E-state index contributed by atoms with van der Waals surface area (Å²) in [6.07, 6.45) is 5.51. The standard InChI is InChI=1S/C8H7BrN4S/c1-14-7-2-4-10-8(11-7)13-5-3-6(9)12-13/h2-5H,1H3. The highest BCUT2D eigenvalue weighted by molar-refractivity contribution is 9.10. The molecule has 0 N–H and O–H groups in total. The summed E-state index contributed by atoms with van der Waals surface area (Å²) in [5.74, 6) is 0.586. The molecule has 4 nitrogen and oxygen atoms in total. The summed E-state index contributed by atoms with van der Waals surface area (Å²) in [5.41, 5.74) is 0. The summed E-state index contributed by atoms with van der Waals surface area (Å²) in [4.78, 5) is 8.43. The molecule has 0 aliphatic rings. The molecule has 2 rings (SSSR count). The molecule has 2 aromatic rings. The van der Waals surface area contributed by atoms with Crippen LogP contribution < -0.4 is 0 Å². The van der Waals surface area contributed by atoms with E-state index in [1.165, 1.54) is 0 Å². The van der Waals surface area contributed by atoms with Crippen LogP contribution in [0.15, 0.2) is 34.2 Å². The van der Waals surface area contributed by atoms with E-state index in [-0.39, 0.29) is 0 Å². The minimum absolute atomic E-state index is 0.586. The Morgan fingerprint density at radius 2 is 2.29 bits per heavy atom. The van der Waals surface area contributed by atoms with E-state index in [0.29, 0.717) is 5.95 Å². The van der Waals surface area contributed by atoms with Crippen molar-refractivity contribution < 1.29 is 0 Å². The highest BCUT2D eigenvalue weighted by atomic mass is 79.9. The second kappa shape index (κ2) is 4.10. The van der Waals surface area contributed by atoms with Crippen LogP contribution in [0, 0.1) is 0 Å². The average molecular weight is 271 g/mol. The van der Waals surface area contributed by atoms with Crippen LogP contribution >= 0.6 is 27.7 Å². The first-order chi connectivity index (χ1) is 6.79. The van der Waals surface area contributed by atoms with Gasteiger partial charge in [0, 0.05) is 12.4 Å². The van der Waals surface area contributed by atoms with E-state index in [0.717, 1.165) is 9.63 Å². The quantitative estimate of drug-likeness (QED) is 0.620. The summed E-state index contributed by atoms with van der Waals surface area (Å²) < 4.78 is 2.40. The molecular formula is C8H7BrN4S. The molecule has 0 unspecified atom stereocenters. The van der Waals surface area contributed by atoms with Crippen LogP contribution in [0.2, 0.25) is 0 Å². The van der Waals surface area contributed by atoms with E-state index in [4.69, 9.17) is 0 Å². The van der Waals surface area contributed by atoms with E-state index in [2.05, 4.69) is 31.0 Å². The van der Waals surface area contributed by atoms with Gasteiger partial charge in [-0.2, -0.15) is 5.10 Å². The van der Waals surface area contributed by atoms with E-state index in [1.54, 1.807) is 22.6 Å². The zero-order valence-electron chi connectivity index (χ0n) is 7.38. The molecule has 0 saturated heterocycles. The number of halogens is 1. The first-order valence-electron chi connectivity index (χ1n) is 3.88. The largest absolute Gasteiger partial charge is 0.251 e. The van der Waals surface area contributed by atoms with Crippen molar-refractivity contribution in [3.8, 4) is 5.95 Å². The molecule has 0 radical (unpaired) electrons. The van der Waals surface area contributed by atoms with Gasteiger partial charge in [0.25, 0.3) is 5.95 Å². The number of aromatic nitrogens is 4. The van der Waals surface area contributed by atoms with Crippen LogP contribution in [0.3, 0.4) is 0 Å². The molecule has 0 amide bonds. The molecule has 2 heterocycles. The lowest BCUT2D eigenvalue weighted by atomic mass is 10.7. The van der Waals surface area contributed by atoms with Crippen LogP contribution in [0.1, 0.15) is 0 Å². The summed E-state index contributed by atoms with van der Waals surface area (Å²) in [6, 6.07) is 3.71. The smallest absolute Gasteiger partial charge is 0.220 e. The number of nitrogens with zero attached hydrogens (tertiary/aromatic N) is 4. The molecule has 2 aromatic heterocycles. The van der Waals surface area contributed by atoms with Gasteiger partial charge in [-0.1, -0.05) is 0 Å². The van der Waals surface area contributed by atoms with Crippen LogP contribution in [0.4, 0.5) is 0 Å². The minimum Gasteiger partial charge on any atom is -0.220 e. The van der Waals surface area contributed by atoms with Crippen molar-refractivity contribution >= 4 is 27.7 Å². The molecule has 0 aliphatic heterocycles. The lowest BCUT2D eigenvalue weighted by molar-refractivity contribution is 0.784. The van der Waals surface area contributed by atoms with Crippen LogP contribution in [0.5, 0.6) is 0 Å². The van der Waals surface area contributed by atoms with Crippen molar-refractivity contribution in [2.24, 2.45) is 0 Å². The first-order valence-corrected chi connectivity index (χ1v) is 5.90. The van der Waals surface area contributed by atoms with Gasteiger partial charge in [-0.05, 0) is 34.3 Å². The lowest BCUT2D eigenvalue weighted by Gasteiger charge is -1.99. The maximum absolute atomic E-state index is 4.31.